The average Bonchev–Trinajstić information content (AvgIpc) is 2.76. The van der Waals surface area contributed by atoms with Gasteiger partial charge in [0.15, 0.2) is 0 Å². The van der Waals surface area contributed by atoms with Crippen molar-refractivity contribution in [3.05, 3.63) is 54.1 Å². The highest BCUT2D eigenvalue weighted by atomic mass is 32.2. The van der Waals surface area contributed by atoms with Gasteiger partial charge < -0.3 is 4.74 Å². The Kier molecular flexibility index (Phi) is 5.03. The average molecular weight is 392 g/mol. The number of rotatable bonds is 3. The highest BCUT2D eigenvalue weighted by molar-refractivity contribution is 8.01. The van der Waals surface area contributed by atoms with Crippen molar-refractivity contribution in [3.63, 3.8) is 0 Å². The number of ether oxygens (including phenoxy) is 1. The molecule has 2 aromatic carbocycles. The lowest BCUT2D eigenvalue weighted by Gasteiger charge is -2.25. The molecular formula is C19H21NO4S2. The molecule has 1 aliphatic heterocycles. The fourth-order valence-electron chi connectivity index (χ4n) is 2.85. The van der Waals surface area contributed by atoms with E-state index in [9.17, 15) is 13.2 Å². The number of esters is 1. The van der Waals surface area contributed by atoms with Gasteiger partial charge in [0.25, 0.3) is 10.0 Å². The maximum Gasteiger partial charge on any atom is 0.337 e. The summed E-state index contributed by atoms with van der Waals surface area (Å²) in [6.07, 6.45) is 0.686. The van der Waals surface area contributed by atoms with Gasteiger partial charge in [0.1, 0.15) is 0 Å². The molecule has 0 amide bonds. The van der Waals surface area contributed by atoms with E-state index in [1.165, 1.54) is 11.4 Å². The first kappa shape index (κ1) is 18.8. The summed E-state index contributed by atoms with van der Waals surface area (Å²) in [6, 6.07) is 13.4. The number of fused-ring (bicyclic) bond motifs is 1. The molecule has 0 saturated heterocycles. The molecular weight excluding hydrogens is 370 g/mol. The smallest absolute Gasteiger partial charge is 0.337 e. The Morgan fingerprint density at radius 3 is 2.50 bits per heavy atom. The van der Waals surface area contributed by atoms with Gasteiger partial charge in [-0.05, 0) is 36.8 Å². The summed E-state index contributed by atoms with van der Waals surface area (Å²) < 4.78 is 32.6. The number of hydrogen-bond donors (Lipinski definition) is 0. The Balaban J connectivity index is 2.17. The zero-order valence-corrected chi connectivity index (χ0v) is 16.6. The van der Waals surface area contributed by atoms with Crippen LogP contribution in [0.2, 0.25) is 0 Å². The summed E-state index contributed by atoms with van der Waals surface area (Å²) in [6.45, 7) is 4.53. The maximum atomic E-state index is 13.3. The van der Waals surface area contributed by atoms with Crippen molar-refractivity contribution in [1.82, 2.24) is 0 Å². The fourth-order valence-corrected chi connectivity index (χ4v) is 5.61. The van der Waals surface area contributed by atoms with E-state index in [1.807, 2.05) is 0 Å². The number of benzene rings is 2. The van der Waals surface area contributed by atoms with Gasteiger partial charge in [-0.25, -0.2) is 13.2 Å². The van der Waals surface area contributed by atoms with Crippen LogP contribution >= 0.6 is 11.8 Å². The van der Waals surface area contributed by atoms with E-state index >= 15 is 0 Å². The lowest BCUT2D eigenvalue weighted by Crippen LogP contribution is -2.33. The van der Waals surface area contributed by atoms with Gasteiger partial charge in [-0.1, -0.05) is 32.0 Å². The Morgan fingerprint density at radius 2 is 1.85 bits per heavy atom. The van der Waals surface area contributed by atoms with Gasteiger partial charge >= 0.3 is 5.97 Å². The van der Waals surface area contributed by atoms with Gasteiger partial charge in [0.2, 0.25) is 0 Å². The molecule has 1 aliphatic rings. The molecule has 0 aromatic heterocycles. The van der Waals surface area contributed by atoms with Crippen LogP contribution in [0, 0.1) is 0 Å². The first-order valence-electron chi connectivity index (χ1n) is 8.24. The van der Waals surface area contributed by atoms with Gasteiger partial charge in [-0.15, -0.1) is 11.8 Å². The maximum absolute atomic E-state index is 13.3. The molecule has 3 rings (SSSR count). The monoisotopic (exact) mass is 391 g/mol. The van der Waals surface area contributed by atoms with Crippen LogP contribution in [0.1, 0.15) is 30.6 Å². The molecule has 1 heterocycles. The first-order chi connectivity index (χ1) is 12.2. The zero-order chi connectivity index (χ0) is 18.9. The summed E-state index contributed by atoms with van der Waals surface area (Å²) in [5.41, 5.74) is 0.854. The molecule has 7 heteroatoms. The van der Waals surface area contributed by atoms with Gasteiger partial charge in [-0.3, -0.25) is 4.31 Å². The molecule has 0 radical (unpaired) electrons. The summed E-state index contributed by atoms with van der Waals surface area (Å²) in [5, 5.41) is 0. The summed E-state index contributed by atoms with van der Waals surface area (Å²) in [7, 11) is -2.42. The van der Waals surface area contributed by atoms with Gasteiger partial charge in [-0.2, -0.15) is 0 Å². The number of hydrogen-bond acceptors (Lipinski definition) is 5. The molecule has 0 N–H and O–H groups in total. The molecule has 0 spiro atoms. The molecule has 5 nitrogen and oxygen atoms in total. The number of anilines is 1. The Labute approximate surface area is 158 Å². The summed E-state index contributed by atoms with van der Waals surface area (Å²) >= 11 is 1.62. The van der Waals surface area contributed by atoms with E-state index < -0.39 is 16.0 Å². The minimum Gasteiger partial charge on any atom is -0.465 e. The highest BCUT2D eigenvalue weighted by Gasteiger charge is 2.34. The predicted octanol–water partition coefficient (Wildman–Crippen LogP) is 3.94. The molecule has 0 saturated carbocycles. The Hall–Kier alpha value is -1.99. The minimum atomic E-state index is -3.73. The van der Waals surface area contributed by atoms with E-state index in [2.05, 4.69) is 13.8 Å². The molecule has 0 bridgehead atoms. The molecule has 26 heavy (non-hydrogen) atoms. The van der Waals surface area contributed by atoms with E-state index in [1.54, 1.807) is 60.3 Å². The zero-order valence-electron chi connectivity index (χ0n) is 14.9. The topological polar surface area (TPSA) is 63.7 Å². The van der Waals surface area contributed by atoms with Crippen LogP contribution in [0.5, 0.6) is 0 Å². The highest BCUT2D eigenvalue weighted by Crippen LogP contribution is 2.45. The second-order valence-electron chi connectivity index (χ2n) is 6.68. The van der Waals surface area contributed by atoms with Crippen molar-refractivity contribution in [3.8, 4) is 0 Å². The SMILES string of the molecule is COC(=O)c1ccc2c(c1)N(S(=O)(=O)c1ccccc1)CCC(C)(C)S2. The molecule has 2 aromatic rings. The lowest BCUT2D eigenvalue weighted by molar-refractivity contribution is 0.0600. The van der Waals surface area contributed by atoms with Crippen molar-refractivity contribution in [1.29, 1.82) is 0 Å². The number of thioether (sulfide) groups is 1. The molecule has 0 fully saturated rings. The van der Waals surface area contributed by atoms with Crippen LogP contribution in [-0.2, 0) is 14.8 Å². The Bertz CT molecular complexity index is 924. The number of carbonyl (C=O) groups is 1. The van der Waals surface area contributed by atoms with Gasteiger partial charge in [0.05, 0.1) is 23.3 Å². The lowest BCUT2D eigenvalue weighted by atomic mass is 10.1. The molecule has 0 unspecified atom stereocenters. The third-order valence-electron chi connectivity index (χ3n) is 4.28. The van der Waals surface area contributed by atoms with Gasteiger partial charge in [0, 0.05) is 16.2 Å². The number of nitrogens with zero attached hydrogens (tertiary/aromatic N) is 1. The largest absolute Gasteiger partial charge is 0.465 e. The number of methoxy groups -OCH3 is 1. The second-order valence-corrected chi connectivity index (χ2v) is 10.3. The quantitative estimate of drug-likeness (QED) is 0.742. The standard InChI is InChI=1S/C19H21NO4S2/c1-19(2)11-12-20(26(22,23)15-7-5-4-6-8-15)16-13-14(18(21)24-3)9-10-17(16)25-19/h4-10,13H,11-12H2,1-3H3. The normalized spacial score (nSPS) is 16.5. The molecule has 0 atom stereocenters. The number of sulfonamides is 1. The van der Waals surface area contributed by atoms with E-state index in [0.717, 1.165) is 4.90 Å². The molecule has 138 valence electrons. The Morgan fingerprint density at radius 1 is 1.15 bits per heavy atom. The van der Waals surface area contributed by atoms with E-state index in [-0.39, 0.29) is 9.64 Å². The fraction of sp³-hybridized carbons (Fsp3) is 0.316. The third-order valence-corrected chi connectivity index (χ3v) is 7.43. The minimum absolute atomic E-state index is 0.123. The van der Waals surface area contributed by atoms with Crippen molar-refractivity contribution in [2.24, 2.45) is 0 Å². The summed E-state index contributed by atoms with van der Waals surface area (Å²) in [4.78, 5) is 13.0. The van der Waals surface area contributed by atoms with Crippen LogP contribution in [0.4, 0.5) is 5.69 Å². The van der Waals surface area contributed by atoms with E-state index in [4.69, 9.17) is 4.74 Å². The van der Waals surface area contributed by atoms with Crippen molar-refractivity contribution in [2.75, 3.05) is 18.0 Å². The van der Waals surface area contributed by atoms with Crippen LogP contribution in [-0.4, -0.2) is 32.8 Å². The first-order valence-corrected chi connectivity index (χ1v) is 10.5. The third kappa shape index (κ3) is 3.59. The second kappa shape index (κ2) is 6.96. The predicted molar refractivity (Wildman–Crippen MR) is 103 cm³/mol. The van der Waals surface area contributed by atoms with Crippen LogP contribution in [0.25, 0.3) is 0 Å². The van der Waals surface area contributed by atoms with Crippen LogP contribution in [0.15, 0.2) is 58.3 Å². The number of carbonyl (C=O) groups excluding carboxylic acids is 1. The van der Waals surface area contributed by atoms with Crippen molar-refractivity contribution < 1.29 is 17.9 Å². The van der Waals surface area contributed by atoms with E-state index in [0.29, 0.717) is 24.2 Å². The van der Waals surface area contributed by atoms with Crippen molar-refractivity contribution in [2.45, 2.75) is 34.8 Å². The van der Waals surface area contributed by atoms with Crippen LogP contribution < -0.4 is 4.31 Å². The van der Waals surface area contributed by atoms with Crippen molar-refractivity contribution >= 4 is 33.4 Å². The summed E-state index contributed by atoms with van der Waals surface area (Å²) in [5.74, 6) is -0.488. The van der Waals surface area contributed by atoms with Crippen LogP contribution in [0.3, 0.4) is 0 Å². The molecule has 0 aliphatic carbocycles.